The Kier molecular flexibility index (Phi) is 4.24. The number of ether oxygens (including phenoxy) is 1. The first-order valence-electron chi connectivity index (χ1n) is 8.45. The van der Waals surface area contributed by atoms with Crippen molar-refractivity contribution in [3.63, 3.8) is 0 Å². The number of hydrogen-bond donors (Lipinski definition) is 2. The van der Waals surface area contributed by atoms with Gasteiger partial charge in [0.15, 0.2) is 0 Å². The fourth-order valence-electron chi connectivity index (χ4n) is 3.55. The van der Waals surface area contributed by atoms with Crippen LogP contribution in [0.5, 0.6) is 0 Å². The largest absolute Gasteiger partial charge is 0.465 e. The van der Waals surface area contributed by atoms with Crippen LogP contribution in [0, 0.1) is 0 Å². The van der Waals surface area contributed by atoms with E-state index in [1.165, 1.54) is 5.56 Å². The molecule has 0 bridgehead atoms. The Morgan fingerprint density at radius 2 is 1.96 bits per heavy atom. The second-order valence-corrected chi connectivity index (χ2v) is 6.66. The zero-order valence-electron chi connectivity index (χ0n) is 13.9. The van der Waals surface area contributed by atoms with Crippen LogP contribution >= 0.6 is 11.6 Å². The molecule has 2 heterocycles. The number of carbonyl (C=O) groups is 1. The van der Waals surface area contributed by atoms with Gasteiger partial charge >= 0.3 is 5.97 Å². The molecule has 25 heavy (non-hydrogen) atoms. The highest BCUT2D eigenvalue weighted by Gasteiger charge is 2.34. The van der Waals surface area contributed by atoms with Gasteiger partial charge in [-0.25, -0.2) is 0 Å². The lowest BCUT2D eigenvalue weighted by atomic mass is 9.90. The van der Waals surface area contributed by atoms with Gasteiger partial charge in [0, 0.05) is 28.0 Å². The van der Waals surface area contributed by atoms with E-state index in [9.17, 15) is 4.79 Å². The molecule has 0 fully saturated rings. The molecular formula is C20H19ClN2O2. The number of fused-ring (bicyclic) bond motifs is 3. The maximum absolute atomic E-state index is 12.4. The first kappa shape index (κ1) is 16.2. The summed E-state index contributed by atoms with van der Waals surface area (Å²) in [5, 5.41) is 5.29. The van der Waals surface area contributed by atoms with Gasteiger partial charge < -0.3 is 9.72 Å². The molecule has 2 aromatic carbocycles. The predicted molar refractivity (Wildman–Crippen MR) is 98.9 cm³/mol. The molecule has 4 nitrogen and oxygen atoms in total. The summed E-state index contributed by atoms with van der Waals surface area (Å²) < 4.78 is 5.26. The van der Waals surface area contributed by atoms with Gasteiger partial charge in [0.2, 0.25) is 0 Å². The Morgan fingerprint density at radius 1 is 1.20 bits per heavy atom. The number of esters is 1. The van der Waals surface area contributed by atoms with Crippen molar-refractivity contribution in [1.29, 1.82) is 0 Å². The summed E-state index contributed by atoms with van der Waals surface area (Å²) in [5.74, 6) is -0.211. The molecule has 0 amide bonds. The quantitative estimate of drug-likeness (QED) is 0.699. The van der Waals surface area contributed by atoms with Gasteiger partial charge in [-0.3, -0.25) is 10.1 Å². The third-order valence-corrected chi connectivity index (χ3v) is 4.94. The van der Waals surface area contributed by atoms with E-state index in [2.05, 4.69) is 22.4 Å². The highest BCUT2D eigenvalue weighted by molar-refractivity contribution is 6.30. The summed E-state index contributed by atoms with van der Waals surface area (Å²) in [7, 11) is 0. The van der Waals surface area contributed by atoms with Crippen LogP contribution in [0.15, 0.2) is 48.5 Å². The van der Waals surface area contributed by atoms with E-state index in [0.717, 1.165) is 22.2 Å². The maximum atomic E-state index is 12.4. The molecule has 0 unspecified atom stereocenters. The van der Waals surface area contributed by atoms with Crippen molar-refractivity contribution < 1.29 is 9.53 Å². The molecule has 2 atom stereocenters. The molecule has 0 saturated carbocycles. The highest BCUT2D eigenvalue weighted by atomic mass is 35.5. The first-order valence-corrected chi connectivity index (χ1v) is 8.82. The Bertz CT molecular complexity index is 917. The van der Waals surface area contributed by atoms with Crippen LogP contribution < -0.4 is 5.32 Å². The van der Waals surface area contributed by atoms with Crippen LogP contribution in [0.1, 0.15) is 29.8 Å². The molecule has 1 aliphatic heterocycles. The molecule has 0 aliphatic carbocycles. The van der Waals surface area contributed by atoms with Crippen molar-refractivity contribution >= 4 is 28.5 Å². The number of H-pyrrole nitrogens is 1. The standard InChI is InChI=1S/C20H19ClN2O2/c1-2-25-20(24)17-11-15-14-5-3-4-6-16(14)22-19(15)18(23-17)12-7-9-13(21)10-8-12/h3-10,17-18,22-23H,2,11H2,1H3/t17-,18-/m0/s1. The van der Waals surface area contributed by atoms with Crippen LogP contribution in [0.2, 0.25) is 5.02 Å². The van der Waals surface area contributed by atoms with Crippen LogP contribution in [0.25, 0.3) is 10.9 Å². The molecule has 0 saturated heterocycles. The van der Waals surface area contributed by atoms with E-state index in [4.69, 9.17) is 16.3 Å². The molecule has 4 rings (SSSR count). The van der Waals surface area contributed by atoms with Gasteiger partial charge in [0.05, 0.1) is 12.6 Å². The second-order valence-electron chi connectivity index (χ2n) is 6.22. The summed E-state index contributed by atoms with van der Waals surface area (Å²) in [5.41, 5.74) is 4.42. The second kappa shape index (κ2) is 6.54. The third kappa shape index (κ3) is 2.92. The number of benzene rings is 2. The summed E-state index contributed by atoms with van der Waals surface area (Å²) >= 11 is 6.03. The molecule has 3 aromatic rings. The monoisotopic (exact) mass is 354 g/mol. The number of aromatic amines is 1. The van der Waals surface area contributed by atoms with Crippen molar-refractivity contribution in [2.75, 3.05) is 6.61 Å². The molecule has 5 heteroatoms. The van der Waals surface area contributed by atoms with E-state index >= 15 is 0 Å². The minimum Gasteiger partial charge on any atom is -0.465 e. The average molecular weight is 355 g/mol. The topological polar surface area (TPSA) is 54.1 Å². The zero-order chi connectivity index (χ0) is 17.4. The lowest BCUT2D eigenvalue weighted by Gasteiger charge is -2.30. The SMILES string of the molecule is CCOC(=O)[C@@H]1Cc2c([nH]c3ccccc23)[C@H](c2ccc(Cl)cc2)N1. The number of rotatable bonds is 3. The third-order valence-electron chi connectivity index (χ3n) is 4.69. The summed E-state index contributed by atoms with van der Waals surface area (Å²) in [6.45, 7) is 2.21. The van der Waals surface area contributed by atoms with Crippen molar-refractivity contribution in [3.8, 4) is 0 Å². The lowest BCUT2D eigenvalue weighted by Crippen LogP contribution is -2.45. The number of hydrogen-bond acceptors (Lipinski definition) is 3. The number of aromatic nitrogens is 1. The minimum absolute atomic E-state index is 0.108. The minimum atomic E-state index is -0.368. The van der Waals surface area contributed by atoms with Gasteiger partial charge in [0.25, 0.3) is 0 Å². The van der Waals surface area contributed by atoms with Gasteiger partial charge in [-0.2, -0.15) is 0 Å². The Labute approximate surface area is 151 Å². The maximum Gasteiger partial charge on any atom is 0.323 e. The molecule has 0 spiro atoms. The molecule has 128 valence electrons. The normalized spacial score (nSPS) is 19.6. The van der Waals surface area contributed by atoms with Crippen LogP contribution in [-0.4, -0.2) is 23.6 Å². The van der Waals surface area contributed by atoms with Crippen molar-refractivity contribution in [3.05, 3.63) is 70.4 Å². The first-order chi connectivity index (χ1) is 12.2. The van der Waals surface area contributed by atoms with E-state index in [-0.39, 0.29) is 18.1 Å². The summed E-state index contributed by atoms with van der Waals surface area (Å²) in [6.07, 6.45) is 0.613. The fourth-order valence-corrected chi connectivity index (χ4v) is 3.67. The van der Waals surface area contributed by atoms with Crippen LogP contribution in [-0.2, 0) is 16.0 Å². The summed E-state index contributed by atoms with van der Waals surface area (Å²) in [6, 6.07) is 15.4. The van der Waals surface area contributed by atoms with E-state index < -0.39 is 0 Å². The Hall–Kier alpha value is -2.30. The van der Waals surface area contributed by atoms with Gasteiger partial charge in [-0.15, -0.1) is 0 Å². The Balaban J connectivity index is 1.82. The lowest BCUT2D eigenvalue weighted by molar-refractivity contribution is -0.146. The van der Waals surface area contributed by atoms with Crippen LogP contribution in [0.3, 0.4) is 0 Å². The van der Waals surface area contributed by atoms with E-state index in [1.807, 2.05) is 43.3 Å². The van der Waals surface area contributed by atoms with Gasteiger partial charge in [-0.1, -0.05) is 41.9 Å². The van der Waals surface area contributed by atoms with E-state index in [0.29, 0.717) is 18.1 Å². The predicted octanol–water partition coefficient (Wildman–Crippen LogP) is 3.99. The van der Waals surface area contributed by atoms with Crippen molar-refractivity contribution in [1.82, 2.24) is 10.3 Å². The van der Waals surface area contributed by atoms with Crippen LogP contribution in [0.4, 0.5) is 0 Å². The molecule has 0 radical (unpaired) electrons. The summed E-state index contributed by atoms with van der Waals surface area (Å²) in [4.78, 5) is 15.9. The molecular weight excluding hydrogens is 336 g/mol. The van der Waals surface area contributed by atoms with Crippen molar-refractivity contribution in [2.45, 2.75) is 25.4 Å². The van der Waals surface area contributed by atoms with Gasteiger partial charge in [-0.05, 0) is 36.2 Å². The van der Waals surface area contributed by atoms with E-state index in [1.54, 1.807) is 0 Å². The molecule has 1 aromatic heterocycles. The average Bonchev–Trinajstić information content (AvgIpc) is 3.00. The zero-order valence-corrected chi connectivity index (χ0v) is 14.6. The fraction of sp³-hybridized carbons (Fsp3) is 0.250. The Morgan fingerprint density at radius 3 is 2.72 bits per heavy atom. The van der Waals surface area contributed by atoms with Gasteiger partial charge in [0.1, 0.15) is 6.04 Å². The molecule has 2 N–H and O–H groups in total. The van der Waals surface area contributed by atoms with Crippen molar-refractivity contribution in [2.24, 2.45) is 0 Å². The number of halogens is 1. The number of para-hydroxylation sites is 1. The number of carbonyl (C=O) groups excluding carboxylic acids is 1. The smallest absolute Gasteiger partial charge is 0.323 e. The highest BCUT2D eigenvalue weighted by Crippen LogP contribution is 2.35. The molecule has 1 aliphatic rings. The number of nitrogens with one attached hydrogen (secondary N) is 2.